The Morgan fingerprint density at radius 2 is 2.21 bits per heavy atom. The number of carbonyl (C=O) groups is 1. The lowest BCUT2D eigenvalue weighted by atomic mass is 10.1. The van der Waals surface area contributed by atoms with Gasteiger partial charge in [0, 0.05) is 21.7 Å². The number of nitrogens with zero attached hydrogens (tertiary/aromatic N) is 1. The molecule has 1 aliphatic rings. The Bertz CT molecular complexity index is 830. The second-order valence-corrected chi connectivity index (χ2v) is 7.27. The van der Waals surface area contributed by atoms with Crippen molar-refractivity contribution in [2.24, 2.45) is 4.99 Å². The Balaban J connectivity index is 2.00. The molecule has 4 nitrogen and oxygen atoms in total. The fraction of sp³-hybridized carbons (Fsp3) is 0.294. The first-order valence-corrected chi connectivity index (χ1v) is 9.12. The second-order valence-electron chi connectivity index (χ2n) is 5.34. The van der Waals surface area contributed by atoms with Crippen LogP contribution >= 0.6 is 34.5 Å². The Kier molecular flexibility index (Phi) is 5.13. The van der Waals surface area contributed by atoms with Crippen molar-refractivity contribution >= 4 is 51.7 Å². The van der Waals surface area contributed by atoms with Gasteiger partial charge in [0.05, 0.1) is 17.2 Å². The van der Waals surface area contributed by atoms with Gasteiger partial charge < -0.3 is 9.84 Å². The monoisotopic (exact) mass is 383 g/mol. The quantitative estimate of drug-likeness (QED) is 0.584. The first-order valence-electron chi connectivity index (χ1n) is 7.55. The van der Waals surface area contributed by atoms with Gasteiger partial charge in [-0.2, -0.15) is 0 Å². The van der Waals surface area contributed by atoms with Gasteiger partial charge in [-0.15, -0.1) is 11.3 Å². The fourth-order valence-electron chi connectivity index (χ4n) is 2.71. The van der Waals surface area contributed by atoms with E-state index in [1.165, 1.54) is 28.5 Å². The van der Waals surface area contributed by atoms with E-state index in [1.54, 1.807) is 13.0 Å². The minimum absolute atomic E-state index is 0.0911. The van der Waals surface area contributed by atoms with Crippen LogP contribution in [0.15, 0.2) is 17.1 Å². The topological polar surface area (TPSA) is 58.9 Å². The molecule has 0 bridgehead atoms. The molecule has 3 rings (SSSR count). The molecule has 1 aromatic heterocycles. The molecule has 1 heterocycles. The van der Waals surface area contributed by atoms with E-state index in [9.17, 15) is 9.90 Å². The van der Waals surface area contributed by atoms with Gasteiger partial charge in [0.2, 0.25) is 0 Å². The van der Waals surface area contributed by atoms with E-state index in [0.717, 1.165) is 24.8 Å². The number of hydrogen-bond donors (Lipinski definition) is 1. The second kappa shape index (κ2) is 7.13. The molecule has 0 fully saturated rings. The highest BCUT2D eigenvalue weighted by Crippen LogP contribution is 2.41. The van der Waals surface area contributed by atoms with Gasteiger partial charge in [0.15, 0.2) is 0 Å². The van der Waals surface area contributed by atoms with Crippen molar-refractivity contribution < 1.29 is 14.6 Å². The van der Waals surface area contributed by atoms with Crippen LogP contribution in [0.3, 0.4) is 0 Å². The highest BCUT2D eigenvalue weighted by Gasteiger charge is 2.27. The van der Waals surface area contributed by atoms with E-state index in [0.29, 0.717) is 27.8 Å². The van der Waals surface area contributed by atoms with Gasteiger partial charge in [-0.25, -0.2) is 9.79 Å². The van der Waals surface area contributed by atoms with Gasteiger partial charge >= 0.3 is 5.97 Å². The summed E-state index contributed by atoms with van der Waals surface area (Å²) in [5.41, 5.74) is 1.98. The number of halogens is 2. The summed E-state index contributed by atoms with van der Waals surface area (Å²) < 4.78 is 5.17. The number of ether oxygens (including phenoxy) is 1. The summed E-state index contributed by atoms with van der Waals surface area (Å²) in [4.78, 5) is 17.9. The van der Waals surface area contributed by atoms with Crippen molar-refractivity contribution in [1.82, 2.24) is 0 Å². The molecular formula is C17H15Cl2NO3S. The third kappa shape index (κ3) is 3.29. The van der Waals surface area contributed by atoms with Crippen LogP contribution in [0.5, 0.6) is 5.75 Å². The van der Waals surface area contributed by atoms with Gasteiger partial charge in [0.1, 0.15) is 10.8 Å². The summed E-state index contributed by atoms with van der Waals surface area (Å²) in [6.07, 6.45) is 4.33. The largest absolute Gasteiger partial charge is 0.506 e. The smallest absolute Gasteiger partial charge is 0.341 e. The molecule has 7 heteroatoms. The van der Waals surface area contributed by atoms with Crippen LogP contribution in [0.4, 0.5) is 5.00 Å². The van der Waals surface area contributed by atoms with E-state index >= 15 is 0 Å². The van der Waals surface area contributed by atoms with E-state index in [4.69, 9.17) is 27.9 Å². The average Bonchev–Trinajstić information content (AvgIpc) is 3.09. The number of esters is 1. The SMILES string of the molecule is CCOC(=O)c1c(N=Cc2cc(Cl)cc(Cl)c2O)sc2c1CCC2. The molecule has 0 saturated carbocycles. The van der Waals surface area contributed by atoms with Gasteiger partial charge in [-0.05, 0) is 43.9 Å². The number of aliphatic imine (C=N–C) groups is 1. The van der Waals surface area contributed by atoms with Gasteiger partial charge in [0.25, 0.3) is 0 Å². The molecule has 0 unspecified atom stereocenters. The fourth-order valence-corrected chi connectivity index (χ4v) is 4.44. The lowest BCUT2D eigenvalue weighted by Gasteiger charge is -2.04. The molecule has 0 amide bonds. The Morgan fingerprint density at radius 1 is 1.42 bits per heavy atom. The number of fused-ring (bicyclic) bond motifs is 1. The zero-order valence-electron chi connectivity index (χ0n) is 12.9. The molecule has 0 spiro atoms. The number of aryl methyl sites for hydroxylation is 1. The summed E-state index contributed by atoms with van der Waals surface area (Å²) in [6, 6.07) is 3.02. The number of phenols is 1. The lowest BCUT2D eigenvalue weighted by Crippen LogP contribution is -2.06. The average molecular weight is 384 g/mol. The Morgan fingerprint density at radius 3 is 2.96 bits per heavy atom. The predicted molar refractivity (Wildman–Crippen MR) is 97.7 cm³/mol. The molecular weight excluding hydrogens is 369 g/mol. The number of phenolic OH excluding ortho intramolecular Hbond substituents is 1. The van der Waals surface area contributed by atoms with Gasteiger partial charge in [-0.3, -0.25) is 0 Å². The standard InChI is InChI=1S/C17H15Cl2NO3S/c1-2-23-17(22)14-11-4-3-5-13(11)24-16(14)20-8-9-6-10(18)7-12(19)15(9)21/h6-8,21H,2-5H2,1H3. The number of hydrogen-bond acceptors (Lipinski definition) is 5. The lowest BCUT2D eigenvalue weighted by molar-refractivity contribution is 0.0527. The number of rotatable bonds is 4. The van der Waals surface area contributed by atoms with Crippen LogP contribution in [0, 0.1) is 0 Å². The van der Waals surface area contributed by atoms with E-state index in [-0.39, 0.29) is 16.7 Å². The number of aromatic hydroxyl groups is 1. The van der Waals surface area contributed by atoms with Crippen LogP contribution in [-0.4, -0.2) is 23.9 Å². The highest BCUT2D eigenvalue weighted by molar-refractivity contribution is 7.16. The Hall–Kier alpha value is -1.56. The molecule has 0 aliphatic heterocycles. The first kappa shape index (κ1) is 17.3. The van der Waals surface area contributed by atoms with Crippen molar-refractivity contribution in [3.05, 3.63) is 43.7 Å². The maximum absolute atomic E-state index is 12.3. The zero-order valence-corrected chi connectivity index (χ0v) is 15.3. The third-order valence-electron chi connectivity index (χ3n) is 3.76. The first-order chi connectivity index (χ1) is 11.5. The van der Waals surface area contributed by atoms with Gasteiger partial charge in [-0.1, -0.05) is 23.2 Å². The maximum Gasteiger partial charge on any atom is 0.341 e. The molecule has 1 aromatic carbocycles. The van der Waals surface area contributed by atoms with Crippen LogP contribution in [0.1, 0.15) is 39.7 Å². The summed E-state index contributed by atoms with van der Waals surface area (Å²) >= 11 is 13.4. The molecule has 24 heavy (non-hydrogen) atoms. The summed E-state index contributed by atoms with van der Waals surface area (Å²) in [5, 5.41) is 11.2. The molecule has 2 aromatic rings. The van der Waals surface area contributed by atoms with Crippen LogP contribution in [0.2, 0.25) is 10.0 Å². The highest BCUT2D eigenvalue weighted by atomic mass is 35.5. The minimum Gasteiger partial charge on any atom is -0.506 e. The number of carbonyl (C=O) groups excluding carboxylic acids is 1. The van der Waals surface area contributed by atoms with Crippen molar-refractivity contribution in [3.8, 4) is 5.75 Å². The molecule has 0 atom stereocenters. The normalized spacial score (nSPS) is 13.5. The molecule has 1 aliphatic carbocycles. The molecule has 126 valence electrons. The zero-order chi connectivity index (χ0) is 17.3. The summed E-state index contributed by atoms with van der Waals surface area (Å²) in [6.45, 7) is 2.09. The summed E-state index contributed by atoms with van der Waals surface area (Å²) in [5.74, 6) is -0.441. The van der Waals surface area contributed by atoms with Crippen molar-refractivity contribution in [2.75, 3.05) is 6.61 Å². The van der Waals surface area contributed by atoms with Crippen molar-refractivity contribution in [2.45, 2.75) is 26.2 Å². The molecule has 0 radical (unpaired) electrons. The van der Waals surface area contributed by atoms with E-state index in [1.807, 2.05) is 0 Å². The maximum atomic E-state index is 12.3. The molecule has 1 N–H and O–H groups in total. The number of thiophene rings is 1. The predicted octanol–water partition coefficient (Wildman–Crippen LogP) is 5.18. The van der Waals surface area contributed by atoms with Crippen LogP contribution < -0.4 is 0 Å². The molecule has 0 saturated heterocycles. The van der Waals surface area contributed by atoms with Crippen molar-refractivity contribution in [1.29, 1.82) is 0 Å². The summed E-state index contributed by atoms with van der Waals surface area (Å²) in [7, 11) is 0. The van der Waals surface area contributed by atoms with Crippen LogP contribution in [-0.2, 0) is 17.6 Å². The van der Waals surface area contributed by atoms with Crippen molar-refractivity contribution in [3.63, 3.8) is 0 Å². The minimum atomic E-state index is -0.350. The number of benzene rings is 1. The van der Waals surface area contributed by atoms with Crippen LogP contribution in [0.25, 0.3) is 0 Å². The Labute approximate surface area is 153 Å². The third-order valence-corrected chi connectivity index (χ3v) is 5.47. The van der Waals surface area contributed by atoms with E-state index in [2.05, 4.69) is 4.99 Å². The van der Waals surface area contributed by atoms with E-state index < -0.39 is 0 Å².